The molecule has 1 amide bonds. The summed E-state index contributed by atoms with van der Waals surface area (Å²) < 4.78 is 0. The highest BCUT2D eigenvalue weighted by Crippen LogP contribution is 2.31. The van der Waals surface area contributed by atoms with Crippen LogP contribution in [0.5, 0.6) is 0 Å². The van der Waals surface area contributed by atoms with Crippen LogP contribution in [0.15, 0.2) is 43.5 Å². The number of benzene rings is 1. The zero-order valence-corrected chi connectivity index (χ0v) is 9.28. The first-order valence-corrected chi connectivity index (χ1v) is 5.46. The normalized spacial score (nSPS) is 14.1. The smallest absolute Gasteiger partial charge is 0.258 e. The number of fused-ring (bicyclic) bond motifs is 1. The number of hydrogen-bond donors (Lipinski definition) is 0. The van der Waals surface area contributed by atoms with Crippen molar-refractivity contribution in [3.05, 3.63) is 54.6 Å². The maximum atomic E-state index is 12.0. The van der Waals surface area contributed by atoms with Crippen LogP contribution in [0.25, 0.3) is 5.70 Å². The molecule has 0 aromatic heterocycles. The van der Waals surface area contributed by atoms with Crippen molar-refractivity contribution in [3.63, 3.8) is 0 Å². The number of nitrogens with zero attached hydrogens (tertiary/aromatic N) is 1. The van der Waals surface area contributed by atoms with Crippen molar-refractivity contribution in [2.75, 3.05) is 6.54 Å². The molecule has 1 heterocycles. The Balaban J connectivity index is 2.18. The van der Waals surface area contributed by atoms with Crippen molar-refractivity contribution in [2.24, 2.45) is 0 Å². The van der Waals surface area contributed by atoms with Crippen molar-refractivity contribution < 1.29 is 4.79 Å². The summed E-state index contributed by atoms with van der Waals surface area (Å²) in [6, 6.07) is 7.63. The van der Waals surface area contributed by atoms with Gasteiger partial charge in [-0.15, -0.1) is 6.58 Å². The average molecular weight is 213 g/mol. The molecule has 1 aliphatic rings. The summed E-state index contributed by atoms with van der Waals surface area (Å²) in [6.45, 7) is 8.38. The summed E-state index contributed by atoms with van der Waals surface area (Å²) in [5.41, 5.74) is 2.56. The van der Waals surface area contributed by atoms with Crippen LogP contribution in [-0.4, -0.2) is 17.4 Å². The van der Waals surface area contributed by atoms with Gasteiger partial charge >= 0.3 is 0 Å². The second kappa shape index (κ2) is 4.35. The fourth-order valence-corrected chi connectivity index (χ4v) is 1.96. The number of carbonyl (C=O) groups excluding carboxylic acids is 1. The second-order valence-electron chi connectivity index (χ2n) is 3.88. The minimum absolute atomic E-state index is 0.0738. The SMILES string of the molecule is C=CCCCN1C(=C)c2ccccc2C1=O. The van der Waals surface area contributed by atoms with E-state index in [9.17, 15) is 4.79 Å². The Kier molecular flexibility index (Phi) is 2.91. The summed E-state index contributed by atoms with van der Waals surface area (Å²) >= 11 is 0. The molecule has 1 aromatic rings. The fourth-order valence-electron chi connectivity index (χ4n) is 1.96. The minimum Gasteiger partial charge on any atom is -0.308 e. The van der Waals surface area contributed by atoms with Gasteiger partial charge in [-0.05, 0) is 18.9 Å². The summed E-state index contributed by atoms with van der Waals surface area (Å²) in [5.74, 6) is 0.0738. The van der Waals surface area contributed by atoms with Gasteiger partial charge in [0.05, 0.1) is 0 Å². The van der Waals surface area contributed by atoms with Crippen LogP contribution in [0.1, 0.15) is 28.8 Å². The van der Waals surface area contributed by atoms with Gasteiger partial charge in [0.2, 0.25) is 0 Å². The lowest BCUT2D eigenvalue weighted by Crippen LogP contribution is -2.23. The highest BCUT2D eigenvalue weighted by Gasteiger charge is 2.29. The second-order valence-corrected chi connectivity index (χ2v) is 3.88. The van der Waals surface area contributed by atoms with Crippen LogP contribution in [-0.2, 0) is 0 Å². The monoisotopic (exact) mass is 213 g/mol. The molecule has 0 spiro atoms. The van der Waals surface area contributed by atoms with E-state index in [-0.39, 0.29) is 5.91 Å². The first-order chi connectivity index (χ1) is 7.75. The lowest BCUT2D eigenvalue weighted by molar-refractivity contribution is 0.0849. The fraction of sp³-hybridized carbons (Fsp3) is 0.214. The summed E-state index contributed by atoms with van der Waals surface area (Å²) in [4.78, 5) is 13.8. The Hall–Kier alpha value is -1.83. The average Bonchev–Trinajstić information content (AvgIpc) is 2.55. The standard InChI is InChI=1S/C14H15NO/c1-3-4-7-10-15-11(2)12-8-5-6-9-13(12)14(15)16/h3,5-6,8-9H,1-2,4,7,10H2. The van der Waals surface area contributed by atoms with E-state index in [4.69, 9.17) is 0 Å². The molecule has 16 heavy (non-hydrogen) atoms. The van der Waals surface area contributed by atoms with Gasteiger partial charge in [-0.1, -0.05) is 30.9 Å². The summed E-state index contributed by atoms with van der Waals surface area (Å²) in [7, 11) is 0. The van der Waals surface area contributed by atoms with Gasteiger partial charge in [0.25, 0.3) is 5.91 Å². The zero-order valence-electron chi connectivity index (χ0n) is 9.28. The molecule has 0 radical (unpaired) electrons. The van der Waals surface area contributed by atoms with Gasteiger partial charge in [-0.25, -0.2) is 0 Å². The van der Waals surface area contributed by atoms with Crippen LogP contribution < -0.4 is 0 Å². The van der Waals surface area contributed by atoms with Gasteiger partial charge in [0.1, 0.15) is 0 Å². The van der Waals surface area contributed by atoms with Gasteiger partial charge in [-0.3, -0.25) is 4.79 Å². The van der Waals surface area contributed by atoms with E-state index >= 15 is 0 Å². The molecule has 0 saturated carbocycles. The van der Waals surface area contributed by atoms with Crippen molar-refractivity contribution in [3.8, 4) is 0 Å². The molecular formula is C14H15NO. The number of rotatable bonds is 4. The molecule has 0 aliphatic carbocycles. The van der Waals surface area contributed by atoms with Crippen LogP contribution >= 0.6 is 0 Å². The Morgan fingerprint density at radius 1 is 1.25 bits per heavy atom. The minimum atomic E-state index is 0.0738. The third-order valence-electron chi connectivity index (χ3n) is 2.83. The molecule has 2 nitrogen and oxygen atoms in total. The van der Waals surface area contributed by atoms with Gasteiger partial charge < -0.3 is 4.90 Å². The maximum absolute atomic E-state index is 12.0. The summed E-state index contributed by atoms with van der Waals surface area (Å²) in [5, 5.41) is 0. The Morgan fingerprint density at radius 3 is 2.56 bits per heavy atom. The van der Waals surface area contributed by atoms with Crippen molar-refractivity contribution in [1.29, 1.82) is 0 Å². The number of allylic oxidation sites excluding steroid dienone is 1. The number of unbranched alkanes of at least 4 members (excludes halogenated alkanes) is 1. The third kappa shape index (κ3) is 1.67. The van der Waals surface area contributed by atoms with E-state index in [1.165, 1.54) is 0 Å². The first-order valence-electron chi connectivity index (χ1n) is 5.46. The van der Waals surface area contributed by atoms with Gasteiger partial charge in [0, 0.05) is 23.4 Å². The summed E-state index contributed by atoms with van der Waals surface area (Å²) in [6.07, 6.45) is 3.73. The largest absolute Gasteiger partial charge is 0.308 e. The van der Waals surface area contributed by atoms with Crippen LogP contribution in [0, 0.1) is 0 Å². The number of carbonyl (C=O) groups is 1. The topological polar surface area (TPSA) is 20.3 Å². The first kappa shape index (κ1) is 10.7. The predicted octanol–water partition coefficient (Wildman–Crippen LogP) is 3.08. The van der Waals surface area contributed by atoms with E-state index in [0.29, 0.717) is 0 Å². The molecule has 2 heteroatoms. The van der Waals surface area contributed by atoms with E-state index in [0.717, 1.165) is 36.2 Å². The molecule has 82 valence electrons. The molecular weight excluding hydrogens is 198 g/mol. The van der Waals surface area contributed by atoms with Crippen molar-refractivity contribution in [1.82, 2.24) is 4.90 Å². The highest BCUT2D eigenvalue weighted by molar-refractivity contribution is 6.08. The number of amides is 1. The molecule has 0 unspecified atom stereocenters. The molecule has 0 fully saturated rings. The molecule has 0 bridgehead atoms. The van der Waals surface area contributed by atoms with E-state index in [2.05, 4.69) is 13.2 Å². The predicted molar refractivity (Wildman–Crippen MR) is 65.9 cm³/mol. The molecule has 1 aromatic carbocycles. The Morgan fingerprint density at radius 2 is 1.94 bits per heavy atom. The Labute approximate surface area is 95.9 Å². The quantitative estimate of drug-likeness (QED) is 0.556. The molecule has 1 aliphatic heterocycles. The third-order valence-corrected chi connectivity index (χ3v) is 2.83. The van der Waals surface area contributed by atoms with Gasteiger partial charge in [0.15, 0.2) is 0 Å². The van der Waals surface area contributed by atoms with E-state index in [1.54, 1.807) is 4.90 Å². The van der Waals surface area contributed by atoms with E-state index in [1.807, 2.05) is 30.3 Å². The molecule has 0 saturated heterocycles. The van der Waals surface area contributed by atoms with Crippen molar-refractivity contribution >= 4 is 11.6 Å². The van der Waals surface area contributed by atoms with Crippen LogP contribution in [0.4, 0.5) is 0 Å². The Bertz CT molecular complexity index is 413. The molecule has 0 atom stereocenters. The highest BCUT2D eigenvalue weighted by atomic mass is 16.2. The zero-order chi connectivity index (χ0) is 11.5. The lowest BCUT2D eigenvalue weighted by Gasteiger charge is -2.16. The van der Waals surface area contributed by atoms with Crippen molar-refractivity contribution in [2.45, 2.75) is 12.8 Å². The number of hydrogen-bond acceptors (Lipinski definition) is 1. The van der Waals surface area contributed by atoms with E-state index < -0.39 is 0 Å². The van der Waals surface area contributed by atoms with Gasteiger partial charge in [-0.2, -0.15) is 0 Å². The van der Waals surface area contributed by atoms with Crippen LogP contribution in [0.2, 0.25) is 0 Å². The maximum Gasteiger partial charge on any atom is 0.258 e. The molecule has 2 rings (SSSR count). The lowest BCUT2D eigenvalue weighted by atomic mass is 10.1. The van der Waals surface area contributed by atoms with Crippen LogP contribution in [0.3, 0.4) is 0 Å². The molecule has 0 N–H and O–H groups in total.